The number of rotatable bonds is 9. The van der Waals surface area contributed by atoms with Gasteiger partial charge in [0.15, 0.2) is 23.4 Å². The van der Waals surface area contributed by atoms with E-state index in [0.717, 1.165) is 5.56 Å². The quantitative estimate of drug-likeness (QED) is 0.569. The number of aliphatic carboxylic acids is 1. The van der Waals surface area contributed by atoms with E-state index in [9.17, 15) is 9.90 Å². The number of carboxylic acids is 1. The molecule has 0 bridgehead atoms. The van der Waals surface area contributed by atoms with Crippen molar-refractivity contribution in [3.05, 3.63) is 66.5 Å². The molecule has 3 atom stereocenters. The average Bonchev–Trinajstić information content (AvgIpc) is 2.75. The van der Waals surface area contributed by atoms with Crippen LogP contribution < -0.4 is 4.74 Å². The van der Waals surface area contributed by atoms with Crippen LogP contribution in [0.15, 0.2) is 60.9 Å². The summed E-state index contributed by atoms with van der Waals surface area (Å²) < 4.78 is 18.4. The zero-order valence-electron chi connectivity index (χ0n) is 17.8. The predicted molar refractivity (Wildman–Crippen MR) is 115 cm³/mol. The standard InChI is InChI=1S/C24H29NO6/c1-24(2,31-20-12-7-6-11-19(20)26)23-29-16-18(9-4-3-5-13-21(27)28)22(30-23)17-10-8-14-25-15-17/h3-4,6-8,10-12,14-15,18,22-23,26H,5,9,13,16H2,1-2H3,(H,27,28)/b4-3-/t18-,22-,23+/m1/s1. The average molecular weight is 427 g/mol. The van der Waals surface area contributed by atoms with Crippen molar-refractivity contribution in [1.29, 1.82) is 0 Å². The Kier molecular flexibility index (Phi) is 7.65. The summed E-state index contributed by atoms with van der Waals surface area (Å²) >= 11 is 0. The Bertz CT molecular complexity index is 883. The number of allylic oxidation sites excluding steroid dienone is 2. The molecule has 2 heterocycles. The van der Waals surface area contributed by atoms with Crippen molar-refractivity contribution in [2.45, 2.75) is 51.1 Å². The number of aromatic hydroxyl groups is 1. The minimum absolute atomic E-state index is 0.0439. The van der Waals surface area contributed by atoms with Gasteiger partial charge in [-0.3, -0.25) is 9.78 Å². The first-order chi connectivity index (χ1) is 14.9. The monoisotopic (exact) mass is 427 g/mol. The summed E-state index contributed by atoms with van der Waals surface area (Å²) in [5.41, 5.74) is 0.0831. The van der Waals surface area contributed by atoms with Crippen LogP contribution in [0.4, 0.5) is 0 Å². The number of phenols is 1. The third kappa shape index (κ3) is 6.29. The number of hydrogen-bond donors (Lipinski definition) is 2. The third-order valence-electron chi connectivity index (χ3n) is 5.11. The Morgan fingerprint density at radius 1 is 1.26 bits per heavy atom. The molecule has 0 unspecified atom stereocenters. The molecule has 2 aromatic rings. The molecule has 1 aromatic heterocycles. The van der Waals surface area contributed by atoms with Crippen molar-refractivity contribution < 1.29 is 29.2 Å². The molecule has 0 aliphatic carbocycles. The molecule has 1 fully saturated rings. The third-order valence-corrected chi connectivity index (χ3v) is 5.11. The van der Waals surface area contributed by atoms with Crippen molar-refractivity contribution in [3.8, 4) is 11.5 Å². The summed E-state index contributed by atoms with van der Waals surface area (Å²) in [7, 11) is 0. The summed E-state index contributed by atoms with van der Waals surface area (Å²) in [6.07, 6.45) is 7.73. The van der Waals surface area contributed by atoms with Crippen LogP contribution in [0, 0.1) is 5.92 Å². The van der Waals surface area contributed by atoms with Crippen LogP contribution in [-0.2, 0) is 14.3 Å². The predicted octanol–water partition coefficient (Wildman–Crippen LogP) is 4.49. The maximum atomic E-state index is 10.7. The molecule has 3 rings (SSSR count). The van der Waals surface area contributed by atoms with E-state index in [4.69, 9.17) is 19.3 Å². The molecule has 1 aliphatic heterocycles. The summed E-state index contributed by atoms with van der Waals surface area (Å²) in [6, 6.07) is 10.6. The number of carboxylic acid groups (broad SMARTS) is 1. The highest BCUT2D eigenvalue weighted by atomic mass is 16.7. The van der Waals surface area contributed by atoms with Gasteiger partial charge in [0.05, 0.1) is 12.7 Å². The van der Waals surface area contributed by atoms with Gasteiger partial charge in [0.2, 0.25) is 0 Å². The van der Waals surface area contributed by atoms with Crippen LogP contribution in [0.25, 0.3) is 0 Å². The molecular weight excluding hydrogens is 398 g/mol. The van der Waals surface area contributed by atoms with E-state index in [1.165, 1.54) is 0 Å². The van der Waals surface area contributed by atoms with Gasteiger partial charge >= 0.3 is 5.97 Å². The number of phenolic OH excluding ortho intramolecular Hbond substituents is 1. The molecule has 1 saturated heterocycles. The van der Waals surface area contributed by atoms with Gasteiger partial charge in [-0.2, -0.15) is 0 Å². The van der Waals surface area contributed by atoms with Crippen molar-refractivity contribution in [3.63, 3.8) is 0 Å². The topological polar surface area (TPSA) is 98.1 Å². The molecule has 1 aliphatic rings. The number of hydrogen-bond acceptors (Lipinski definition) is 6. The van der Waals surface area contributed by atoms with Gasteiger partial charge in [0, 0.05) is 24.7 Å². The second-order valence-corrected chi connectivity index (χ2v) is 8.08. The molecule has 7 nitrogen and oxygen atoms in total. The number of benzene rings is 1. The Morgan fingerprint density at radius 3 is 2.77 bits per heavy atom. The number of carbonyl (C=O) groups is 1. The van der Waals surface area contributed by atoms with Crippen molar-refractivity contribution in [1.82, 2.24) is 4.98 Å². The van der Waals surface area contributed by atoms with Crippen LogP contribution in [0.2, 0.25) is 0 Å². The fourth-order valence-electron chi connectivity index (χ4n) is 3.50. The normalized spacial score (nSPS) is 21.8. The first-order valence-electron chi connectivity index (χ1n) is 10.4. The lowest BCUT2D eigenvalue weighted by Crippen LogP contribution is -2.50. The maximum Gasteiger partial charge on any atom is 0.303 e. The van der Waals surface area contributed by atoms with Crippen LogP contribution >= 0.6 is 0 Å². The summed E-state index contributed by atoms with van der Waals surface area (Å²) in [6.45, 7) is 4.16. The van der Waals surface area contributed by atoms with E-state index < -0.39 is 17.9 Å². The van der Waals surface area contributed by atoms with E-state index in [1.54, 1.807) is 36.7 Å². The Morgan fingerprint density at radius 2 is 2.06 bits per heavy atom. The van der Waals surface area contributed by atoms with Gasteiger partial charge in [0.1, 0.15) is 0 Å². The molecule has 0 spiro atoms. The van der Waals surface area contributed by atoms with Crippen molar-refractivity contribution >= 4 is 5.97 Å². The smallest absolute Gasteiger partial charge is 0.303 e. The van der Waals surface area contributed by atoms with Crippen LogP contribution in [-0.4, -0.2) is 39.7 Å². The largest absolute Gasteiger partial charge is 0.504 e. The maximum absolute atomic E-state index is 10.7. The zero-order valence-corrected chi connectivity index (χ0v) is 17.8. The Labute approximate surface area is 182 Å². The molecule has 31 heavy (non-hydrogen) atoms. The minimum atomic E-state index is -0.860. The molecule has 1 aromatic carbocycles. The number of para-hydroxylation sites is 2. The number of ether oxygens (including phenoxy) is 3. The SMILES string of the molecule is CC(C)(Oc1ccccc1O)[C@H]1OC[C@@H](C/C=C\CCC(=O)O)[C@@H](c2cccnc2)O1. The zero-order chi connectivity index (χ0) is 22.3. The summed E-state index contributed by atoms with van der Waals surface area (Å²) in [5, 5.41) is 18.8. The molecule has 166 valence electrons. The van der Waals surface area contributed by atoms with E-state index in [2.05, 4.69) is 4.98 Å². The van der Waals surface area contributed by atoms with Gasteiger partial charge in [-0.25, -0.2) is 0 Å². The minimum Gasteiger partial charge on any atom is -0.504 e. The van der Waals surface area contributed by atoms with Crippen molar-refractivity contribution in [2.24, 2.45) is 5.92 Å². The Hall–Kier alpha value is -2.90. The number of pyridine rings is 1. The van der Waals surface area contributed by atoms with E-state index in [-0.39, 0.29) is 24.2 Å². The lowest BCUT2D eigenvalue weighted by atomic mass is 9.92. The fraction of sp³-hybridized carbons (Fsp3) is 0.417. The highest BCUT2D eigenvalue weighted by Crippen LogP contribution is 2.39. The van der Waals surface area contributed by atoms with E-state index >= 15 is 0 Å². The molecule has 0 saturated carbocycles. The highest BCUT2D eigenvalue weighted by molar-refractivity contribution is 5.66. The van der Waals surface area contributed by atoms with Crippen LogP contribution in [0.5, 0.6) is 11.5 Å². The van der Waals surface area contributed by atoms with E-state index in [1.807, 2.05) is 38.1 Å². The van der Waals surface area contributed by atoms with E-state index in [0.29, 0.717) is 25.2 Å². The molecule has 0 amide bonds. The number of nitrogens with zero attached hydrogens (tertiary/aromatic N) is 1. The first kappa shape index (κ1) is 22.8. The molecule has 2 N–H and O–H groups in total. The van der Waals surface area contributed by atoms with Gasteiger partial charge in [-0.15, -0.1) is 0 Å². The van der Waals surface area contributed by atoms with Gasteiger partial charge in [0.25, 0.3) is 0 Å². The van der Waals surface area contributed by atoms with Crippen LogP contribution in [0.3, 0.4) is 0 Å². The lowest BCUT2D eigenvalue weighted by Gasteiger charge is -2.42. The fourth-order valence-corrected chi connectivity index (χ4v) is 3.50. The number of aromatic nitrogens is 1. The second-order valence-electron chi connectivity index (χ2n) is 8.08. The molecule has 0 radical (unpaired) electrons. The Balaban J connectivity index is 1.72. The van der Waals surface area contributed by atoms with Crippen LogP contribution in [0.1, 0.15) is 44.8 Å². The summed E-state index contributed by atoms with van der Waals surface area (Å²) in [5.74, 6) is -0.347. The highest BCUT2D eigenvalue weighted by Gasteiger charge is 2.42. The van der Waals surface area contributed by atoms with Gasteiger partial charge in [-0.1, -0.05) is 30.4 Å². The molecule has 7 heteroatoms. The molecular formula is C24H29NO6. The van der Waals surface area contributed by atoms with Gasteiger partial charge in [-0.05, 0) is 50.5 Å². The van der Waals surface area contributed by atoms with Crippen molar-refractivity contribution in [2.75, 3.05) is 6.61 Å². The first-order valence-corrected chi connectivity index (χ1v) is 10.4. The second kappa shape index (κ2) is 10.4. The summed E-state index contributed by atoms with van der Waals surface area (Å²) in [4.78, 5) is 14.9. The van der Waals surface area contributed by atoms with Gasteiger partial charge < -0.3 is 24.4 Å². The lowest BCUT2D eigenvalue weighted by molar-refractivity contribution is -0.288.